The van der Waals surface area contributed by atoms with Crippen LogP contribution in [0.15, 0.2) is 88.6 Å². The second-order valence-corrected chi connectivity index (χ2v) is 9.45. The van der Waals surface area contributed by atoms with Crippen molar-refractivity contribution in [3.05, 3.63) is 100 Å². The van der Waals surface area contributed by atoms with Crippen molar-refractivity contribution in [3.8, 4) is 11.5 Å². The van der Waals surface area contributed by atoms with Crippen LogP contribution in [0.2, 0.25) is 0 Å². The first-order valence-corrected chi connectivity index (χ1v) is 11.7. The molecule has 7 nitrogen and oxygen atoms in total. The SMILES string of the molecule is COc1ccc(S(=O)(=O)N(Cc2ccccc2)Cc2cc3cc(OC)ccc3[nH]c2=O)cc1. The molecule has 33 heavy (non-hydrogen) atoms. The average molecular weight is 465 g/mol. The van der Waals surface area contributed by atoms with E-state index in [1.54, 1.807) is 43.5 Å². The Morgan fingerprint density at radius 3 is 2.15 bits per heavy atom. The zero-order valence-corrected chi connectivity index (χ0v) is 19.1. The number of sulfonamides is 1. The Bertz CT molecular complexity index is 1420. The molecule has 0 aliphatic rings. The lowest BCUT2D eigenvalue weighted by molar-refractivity contribution is 0.399. The van der Waals surface area contributed by atoms with Gasteiger partial charge in [-0.3, -0.25) is 4.79 Å². The van der Waals surface area contributed by atoms with Crippen LogP contribution in [-0.2, 0) is 23.1 Å². The summed E-state index contributed by atoms with van der Waals surface area (Å²) in [5, 5.41) is 0.755. The summed E-state index contributed by atoms with van der Waals surface area (Å²) in [6.45, 7) is 0.0243. The second kappa shape index (κ2) is 9.48. The van der Waals surface area contributed by atoms with Gasteiger partial charge in [0.05, 0.1) is 19.1 Å². The van der Waals surface area contributed by atoms with Gasteiger partial charge in [0.15, 0.2) is 0 Å². The highest BCUT2D eigenvalue weighted by molar-refractivity contribution is 7.89. The number of fused-ring (bicyclic) bond motifs is 1. The Kier molecular flexibility index (Phi) is 6.48. The fourth-order valence-electron chi connectivity index (χ4n) is 3.57. The lowest BCUT2D eigenvalue weighted by atomic mass is 10.1. The van der Waals surface area contributed by atoms with E-state index >= 15 is 0 Å². The maximum absolute atomic E-state index is 13.6. The lowest BCUT2D eigenvalue weighted by Gasteiger charge is -2.22. The van der Waals surface area contributed by atoms with Crippen molar-refractivity contribution in [1.82, 2.24) is 9.29 Å². The van der Waals surface area contributed by atoms with E-state index in [-0.39, 0.29) is 23.5 Å². The van der Waals surface area contributed by atoms with Crippen LogP contribution in [0.25, 0.3) is 10.9 Å². The molecule has 0 saturated carbocycles. The minimum atomic E-state index is -3.90. The molecule has 0 radical (unpaired) electrons. The monoisotopic (exact) mass is 464 g/mol. The van der Waals surface area contributed by atoms with Crippen molar-refractivity contribution in [1.29, 1.82) is 0 Å². The first-order valence-electron chi connectivity index (χ1n) is 10.3. The third-order valence-corrected chi connectivity index (χ3v) is 7.18. The summed E-state index contributed by atoms with van der Waals surface area (Å²) >= 11 is 0. The normalized spacial score (nSPS) is 11.6. The molecule has 8 heteroatoms. The molecular weight excluding hydrogens is 440 g/mol. The third kappa shape index (κ3) is 4.92. The zero-order chi connectivity index (χ0) is 23.4. The molecule has 0 unspecified atom stereocenters. The number of hydrogen-bond acceptors (Lipinski definition) is 5. The molecule has 0 aliphatic carbocycles. The molecule has 0 bridgehead atoms. The Balaban J connectivity index is 1.76. The van der Waals surface area contributed by atoms with Crippen LogP contribution < -0.4 is 15.0 Å². The first-order chi connectivity index (χ1) is 15.9. The van der Waals surface area contributed by atoms with E-state index in [4.69, 9.17) is 9.47 Å². The van der Waals surface area contributed by atoms with Gasteiger partial charge in [0.2, 0.25) is 10.0 Å². The van der Waals surface area contributed by atoms with E-state index in [0.717, 1.165) is 10.9 Å². The van der Waals surface area contributed by atoms with E-state index < -0.39 is 10.0 Å². The van der Waals surface area contributed by atoms with Gasteiger partial charge in [0.25, 0.3) is 5.56 Å². The van der Waals surface area contributed by atoms with Gasteiger partial charge >= 0.3 is 0 Å². The topological polar surface area (TPSA) is 88.7 Å². The minimum absolute atomic E-state index is 0.0915. The Labute approximate surface area is 192 Å². The van der Waals surface area contributed by atoms with Crippen LogP contribution in [0.3, 0.4) is 0 Å². The predicted octanol–water partition coefficient (Wildman–Crippen LogP) is 3.94. The Hall–Kier alpha value is -3.62. The number of rotatable bonds is 8. The fourth-order valence-corrected chi connectivity index (χ4v) is 4.98. The summed E-state index contributed by atoms with van der Waals surface area (Å²) in [6, 6.07) is 22.5. The number of nitrogens with one attached hydrogen (secondary N) is 1. The number of H-pyrrole nitrogens is 1. The number of benzene rings is 3. The molecule has 170 valence electrons. The van der Waals surface area contributed by atoms with E-state index in [1.165, 1.54) is 23.5 Å². The molecule has 0 saturated heterocycles. The second-order valence-electron chi connectivity index (χ2n) is 7.51. The number of aromatic nitrogens is 1. The maximum atomic E-state index is 13.6. The van der Waals surface area contributed by atoms with Crippen LogP contribution in [0.5, 0.6) is 11.5 Å². The average Bonchev–Trinajstić information content (AvgIpc) is 2.84. The minimum Gasteiger partial charge on any atom is -0.497 e. The number of ether oxygens (including phenoxy) is 2. The van der Waals surface area contributed by atoms with Gasteiger partial charge in [0.1, 0.15) is 11.5 Å². The van der Waals surface area contributed by atoms with Crippen molar-refractivity contribution in [3.63, 3.8) is 0 Å². The maximum Gasteiger partial charge on any atom is 0.252 e. The van der Waals surface area contributed by atoms with Crippen molar-refractivity contribution in [2.45, 2.75) is 18.0 Å². The van der Waals surface area contributed by atoms with E-state index in [0.29, 0.717) is 22.6 Å². The van der Waals surface area contributed by atoms with Crippen LogP contribution in [0, 0.1) is 0 Å². The lowest BCUT2D eigenvalue weighted by Crippen LogP contribution is -2.32. The van der Waals surface area contributed by atoms with Crippen LogP contribution in [0.1, 0.15) is 11.1 Å². The van der Waals surface area contributed by atoms with Crippen LogP contribution in [-0.4, -0.2) is 31.9 Å². The summed E-state index contributed by atoms with van der Waals surface area (Å²) in [7, 11) is -0.819. The molecule has 0 amide bonds. The molecule has 0 aliphatic heterocycles. The number of nitrogens with zero attached hydrogens (tertiary/aromatic N) is 1. The molecule has 0 atom stereocenters. The molecule has 3 aromatic carbocycles. The number of aromatic amines is 1. The zero-order valence-electron chi connectivity index (χ0n) is 18.3. The largest absolute Gasteiger partial charge is 0.497 e. The van der Waals surface area contributed by atoms with Gasteiger partial charge in [-0.1, -0.05) is 30.3 Å². The molecule has 0 spiro atoms. The molecule has 0 fully saturated rings. The van der Waals surface area contributed by atoms with Gasteiger partial charge in [-0.05, 0) is 54.1 Å². The summed E-state index contributed by atoms with van der Waals surface area (Å²) in [5.74, 6) is 1.20. The van der Waals surface area contributed by atoms with Crippen LogP contribution >= 0.6 is 0 Å². The van der Waals surface area contributed by atoms with Gasteiger partial charge in [0, 0.05) is 29.6 Å². The Morgan fingerprint density at radius 2 is 1.48 bits per heavy atom. The van der Waals surface area contributed by atoms with Crippen molar-refractivity contribution < 1.29 is 17.9 Å². The first kappa shape index (κ1) is 22.6. The quantitative estimate of drug-likeness (QED) is 0.427. The van der Waals surface area contributed by atoms with E-state index in [1.807, 2.05) is 30.3 Å². The third-order valence-electron chi connectivity index (χ3n) is 5.37. The van der Waals surface area contributed by atoms with Crippen molar-refractivity contribution in [2.75, 3.05) is 14.2 Å². The molecule has 1 N–H and O–H groups in total. The summed E-state index contributed by atoms with van der Waals surface area (Å²) in [6.07, 6.45) is 0. The summed E-state index contributed by atoms with van der Waals surface area (Å²) < 4.78 is 38.9. The van der Waals surface area contributed by atoms with E-state index in [2.05, 4.69) is 4.98 Å². The summed E-state index contributed by atoms with van der Waals surface area (Å²) in [5.41, 5.74) is 1.46. The number of pyridine rings is 1. The molecule has 1 heterocycles. The van der Waals surface area contributed by atoms with Crippen LogP contribution in [0.4, 0.5) is 0 Å². The molecule has 4 aromatic rings. The van der Waals surface area contributed by atoms with Crippen molar-refractivity contribution in [2.24, 2.45) is 0 Å². The van der Waals surface area contributed by atoms with Gasteiger partial charge in [-0.2, -0.15) is 4.31 Å². The van der Waals surface area contributed by atoms with E-state index in [9.17, 15) is 13.2 Å². The van der Waals surface area contributed by atoms with Gasteiger partial charge in [-0.15, -0.1) is 0 Å². The number of hydrogen-bond donors (Lipinski definition) is 1. The Morgan fingerprint density at radius 1 is 0.818 bits per heavy atom. The molecular formula is C25H24N2O5S. The highest BCUT2D eigenvalue weighted by atomic mass is 32.2. The van der Waals surface area contributed by atoms with Gasteiger partial charge < -0.3 is 14.5 Å². The van der Waals surface area contributed by atoms with Crippen molar-refractivity contribution >= 4 is 20.9 Å². The fraction of sp³-hybridized carbons (Fsp3) is 0.160. The smallest absolute Gasteiger partial charge is 0.252 e. The highest BCUT2D eigenvalue weighted by Gasteiger charge is 2.26. The highest BCUT2D eigenvalue weighted by Crippen LogP contribution is 2.24. The standard InChI is InChI=1S/C25H24N2O5S/c1-31-21-8-11-23(12-9-21)33(29,30)27(16-18-6-4-3-5-7-18)17-20-14-19-15-22(32-2)10-13-24(19)26-25(20)28/h3-15H,16-17H2,1-2H3,(H,26,28). The van der Waals surface area contributed by atoms with Gasteiger partial charge in [-0.25, -0.2) is 8.42 Å². The summed E-state index contributed by atoms with van der Waals surface area (Å²) in [4.78, 5) is 15.8. The molecule has 4 rings (SSSR count). The number of methoxy groups -OCH3 is 2. The molecule has 1 aromatic heterocycles. The predicted molar refractivity (Wildman–Crippen MR) is 127 cm³/mol.